The second-order valence-electron chi connectivity index (χ2n) is 1.66. The van der Waals surface area contributed by atoms with Gasteiger partial charge in [0.1, 0.15) is 0 Å². The maximum absolute atomic E-state index is 11.7. The first-order valence-electron chi connectivity index (χ1n) is 2.88. The van der Waals surface area contributed by atoms with Gasteiger partial charge in [-0.2, -0.15) is 13.2 Å². The van der Waals surface area contributed by atoms with Gasteiger partial charge in [0.05, 0.1) is 6.61 Å². The summed E-state index contributed by atoms with van der Waals surface area (Å²) in [7, 11) is 0. The molecule has 0 atom stereocenters. The molecule has 0 bridgehead atoms. The van der Waals surface area contributed by atoms with E-state index in [-0.39, 0.29) is 6.61 Å². The van der Waals surface area contributed by atoms with Gasteiger partial charge in [-0.05, 0) is 6.92 Å². The maximum atomic E-state index is 11.7. The molecule has 0 aromatic heterocycles. The van der Waals surface area contributed by atoms with E-state index in [1.165, 1.54) is 6.92 Å². The van der Waals surface area contributed by atoms with Gasteiger partial charge >= 0.3 is 12.1 Å². The highest BCUT2D eigenvalue weighted by Gasteiger charge is 2.40. The molecule has 0 spiro atoms. The van der Waals surface area contributed by atoms with Gasteiger partial charge in [-0.3, -0.25) is 0 Å². The fraction of sp³-hybridized carbons (Fsp3) is 0.600. The Bertz CT molecular complexity index is 199. The van der Waals surface area contributed by atoms with Crippen LogP contribution in [0.25, 0.3) is 0 Å². The molecule has 0 heterocycles. The molecule has 0 amide bonds. The molecule has 0 rings (SSSR count). The van der Waals surface area contributed by atoms with E-state index in [0.29, 0.717) is 0 Å². The molecule has 0 aliphatic heterocycles. The lowest BCUT2D eigenvalue weighted by Gasteiger charge is -2.10. The van der Waals surface area contributed by atoms with Gasteiger partial charge in [-0.1, -0.05) is 0 Å². The molecule has 0 aromatic rings. The van der Waals surface area contributed by atoms with E-state index in [0.717, 1.165) is 0 Å². The van der Waals surface area contributed by atoms with E-state index in [2.05, 4.69) is 4.74 Å². The Balaban J connectivity index is 4.49. The third kappa shape index (κ3) is 2.77. The minimum Gasteiger partial charge on any atom is -0.791 e. The van der Waals surface area contributed by atoms with Crippen molar-refractivity contribution < 1.29 is 22.7 Å². The first-order chi connectivity index (χ1) is 5.43. The molecule has 4 nitrogen and oxygen atoms in total. The molecule has 0 aliphatic rings. The summed E-state index contributed by atoms with van der Waals surface area (Å²) in [5.41, 5.74) is -2.07. The molecule has 0 aliphatic carbocycles. The molecule has 0 radical (unpaired) electrons. The van der Waals surface area contributed by atoms with Crippen LogP contribution >= 0.6 is 0 Å². The second-order valence-corrected chi connectivity index (χ2v) is 1.66. The van der Waals surface area contributed by atoms with Gasteiger partial charge < -0.3 is 15.1 Å². The van der Waals surface area contributed by atoms with E-state index in [4.69, 9.17) is 0 Å². The minimum absolute atomic E-state index is 0.242. The van der Waals surface area contributed by atoms with Crippen molar-refractivity contribution in [2.45, 2.75) is 13.1 Å². The van der Waals surface area contributed by atoms with Gasteiger partial charge in [-0.15, -0.1) is 0 Å². The zero-order valence-corrected chi connectivity index (χ0v) is 6.01. The zero-order valence-electron chi connectivity index (χ0n) is 6.01. The molecule has 0 saturated heterocycles. The van der Waals surface area contributed by atoms with E-state index in [9.17, 15) is 23.2 Å². The minimum atomic E-state index is -5.05. The first-order valence-corrected chi connectivity index (χ1v) is 2.88. The summed E-state index contributed by atoms with van der Waals surface area (Å²) < 4.78 is 38.9. The van der Waals surface area contributed by atoms with Crippen molar-refractivity contribution in [3.8, 4) is 0 Å². The largest absolute Gasteiger partial charge is 0.791 e. The van der Waals surface area contributed by atoms with Crippen LogP contribution in [0.3, 0.4) is 0 Å². The number of carbonyl (C=O) groups is 1. The molecule has 0 aromatic carbocycles. The van der Waals surface area contributed by atoms with Crippen molar-refractivity contribution in [2.75, 3.05) is 6.61 Å². The van der Waals surface area contributed by atoms with Crippen LogP contribution in [-0.2, 0) is 9.53 Å². The average Bonchev–Trinajstić information content (AvgIpc) is 1.85. The summed E-state index contributed by atoms with van der Waals surface area (Å²) in [6.45, 7) is 1.07. The lowest BCUT2D eigenvalue weighted by molar-refractivity contribution is -0.139. The van der Waals surface area contributed by atoms with Crippen molar-refractivity contribution in [2.24, 2.45) is 5.16 Å². The Morgan fingerprint density at radius 3 is 2.33 bits per heavy atom. The number of carbonyl (C=O) groups excluding carboxylic acids is 1. The number of esters is 1. The zero-order chi connectivity index (χ0) is 9.78. The number of nitrogens with zero attached hydrogens (tertiary/aromatic N) is 1. The lowest BCUT2D eigenvalue weighted by Crippen LogP contribution is -2.32. The van der Waals surface area contributed by atoms with E-state index >= 15 is 0 Å². The SMILES string of the molecule is CCOC(=O)/C(=N/[O-])C(F)(F)F. The number of ether oxygens (including phenoxy) is 1. The van der Waals surface area contributed by atoms with Crippen molar-refractivity contribution in [3.63, 3.8) is 0 Å². The summed E-state index contributed by atoms with van der Waals surface area (Å²) in [6.07, 6.45) is -5.05. The molecule has 0 unspecified atom stereocenters. The fourth-order valence-electron chi connectivity index (χ4n) is 0.404. The third-order valence-electron chi connectivity index (χ3n) is 0.829. The van der Waals surface area contributed by atoms with E-state index in [1.807, 2.05) is 0 Å². The van der Waals surface area contributed by atoms with Crippen LogP contribution in [0.2, 0.25) is 0 Å². The van der Waals surface area contributed by atoms with E-state index in [1.54, 1.807) is 5.16 Å². The van der Waals surface area contributed by atoms with Crippen LogP contribution in [0.1, 0.15) is 6.92 Å². The molecule has 0 N–H and O–H groups in total. The summed E-state index contributed by atoms with van der Waals surface area (Å²) >= 11 is 0. The molecule has 0 fully saturated rings. The Morgan fingerprint density at radius 1 is 1.58 bits per heavy atom. The quantitative estimate of drug-likeness (QED) is 0.366. The van der Waals surface area contributed by atoms with Crippen LogP contribution in [0.4, 0.5) is 13.2 Å². The van der Waals surface area contributed by atoms with Crippen molar-refractivity contribution >= 4 is 11.7 Å². The number of hydrogen-bond donors (Lipinski definition) is 0. The van der Waals surface area contributed by atoms with Crippen molar-refractivity contribution in [1.29, 1.82) is 0 Å². The van der Waals surface area contributed by atoms with Gasteiger partial charge in [-0.25, -0.2) is 4.79 Å². The fourth-order valence-corrected chi connectivity index (χ4v) is 0.404. The molecule has 70 valence electrons. The highest BCUT2D eigenvalue weighted by molar-refractivity contribution is 6.38. The predicted octanol–water partition coefficient (Wildman–Crippen LogP) is 1.05. The van der Waals surface area contributed by atoms with Crippen LogP contribution in [0, 0.1) is 5.21 Å². The Morgan fingerprint density at radius 2 is 2.08 bits per heavy atom. The second kappa shape index (κ2) is 3.93. The Kier molecular flexibility index (Phi) is 3.52. The van der Waals surface area contributed by atoms with Gasteiger partial charge in [0.15, 0.2) is 0 Å². The summed E-state index contributed by atoms with van der Waals surface area (Å²) in [5, 5.41) is 11.1. The molecule has 0 saturated carbocycles. The Labute approximate surface area is 65.6 Å². The van der Waals surface area contributed by atoms with E-state index < -0.39 is 17.9 Å². The average molecular weight is 184 g/mol. The Hall–Kier alpha value is -1.27. The van der Waals surface area contributed by atoms with Crippen molar-refractivity contribution in [3.05, 3.63) is 5.21 Å². The van der Waals surface area contributed by atoms with Crippen molar-refractivity contribution in [1.82, 2.24) is 0 Å². The van der Waals surface area contributed by atoms with Gasteiger partial charge in [0.25, 0.3) is 0 Å². The first kappa shape index (κ1) is 10.7. The van der Waals surface area contributed by atoms with Gasteiger partial charge in [0, 0.05) is 0 Å². The monoisotopic (exact) mass is 184 g/mol. The number of rotatable bonds is 2. The lowest BCUT2D eigenvalue weighted by atomic mass is 10.4. The molecule has 7 heteroatoms. The summed E-state index contributed by atoms with van der Waals surface area (Å²) in [4.78, 5) is 10.3. The van der Waals surface area contributed by atoms with Crippen LogP contribution < -0.4 is 0 Å². The summed E-state index contributed by atoms with van der Waals surface area (Å²) in [5.74, 6) is -1.75. The van der Waals surface area contributed by atoms with Crippen LogP contribution in [-0.4, -0.2) is 24.5 Å². The number of halogens is 3. The highest BCUT2D eigenvalue weighted by Crippen LogP contribution is 2.18. The summed E-state index contributed by atoms with van der Waals surface area (Å²) in [6, 6.07) is 0. The van der Waals surface area contributed by atoms with Crippen LogP contribution in [0.5, 0.6) is 0 Å². The topological polar surface area (TPSA) is 61.7 Å². The maximum Gasteiger partial charge on any atom is 0.439 e. The third-order valence-corrected chi connectivity index (χ3v) is 0.829. The smallest absolute Gasteiger partial charge is 0.439 e. The predicted molar refractivity (Wildman–Crippen MR) is 33.5 cm³/mol. The normalized spacial score (nSPS) is 12.8. The standard InChI is InChI=1S/C5H6F3NO3/c1-2-12-4(10)3(9-11)5(6,7)8/h11H,2H2,1H3/p-1/b9-3-. The van der Waals surface area contributed by atoms with Gasteiger partial charge in [0.2, 0.25) is 5.71 Å². The van der Waals surface area contributed by atoms with Crippen LogP contribution in [0.15, 0.2) is 5.16 Å². The molecular weight excluding hydrogens is 179 g/mol. The number of hydrogen-bond acceptors (Lipinski definition) is 4. The molecule has 12 heavy (non-hydrogen) atoms. The number of alkyl halides is 3. The highest BCUT2D eigenvalue weighted by atomic mass is 19.4. The molecular formula is C5H5F3NO3-.